The van der Waals surface area contributed by atoms with E-state index < -0.39 is 5.97 Å². The first kappa shape index (κ1) is 17.5. The van der Waals surface area contributed by atoms with Gasteiger partial charge in [0.2, 0.25) is 0 Å². The van der Waals surface area contributed by atoms with E-state index in [-0.39, 0.29) is 6.42 Å². The van der Waals surface area contributed by atoms with Gasteiger partial charge in [-0.15, -0.1) is 0 Å². The van der Waals surface area contributed by atoms with Crippen molar-refractivity contribution in [3.63, 3.8) is 0 Å². The van der Waals surface area contributed by atoms with E-state index >= 15 is 0 Å². The number of rotatable bonds is 6. The molecular weight excluding hydrogens is 382 g/mol. The number of nitrogens with one attached hydrogen (secondary N) is 1. The van der Waals surface area contributed by atoms with Crippen LogP contribution in [-0.2, 0) is 17.6 Å². The molecule has 1 aromatic heterocycles. The molecule has 4 nitrogen and oxygen atoms in total. The van der Waals surface area contributed by atoms with Gasteiger partial charge in [-0.1, -0.05) is 28.1 Å². The summed E-state index contributed by atoms with van der Waals surface area (Å²) in [5.74, 6) is 0.0390. The Morgan fingerprint density at radius 2 is 1.88 bits per heavy atom. The fourth-order valence-electron chi connectivity index (χ4n) is 3.26. The molecule has 0 amide bonds. The molecule has 5 heteroatoms. The molecule has 0 fully saturated rings. The molecule has 0 aliphatic carbocycles. The molecule has 2 N–H and O–H groups in total. The van der Waals surface area contributed by atoms with E-state index in [1.165, 1.54) is 5.56 Å². The van der Waals surface area contributed by atoms with Crippen LogP contribution in [0.1, 0.15) is 28.8 Å². The summed E-state index contributed by atoms with van der Waals surface area (Å²) < 4.78 is 6.64. The van der Waals surface area contributed by atoms with E-state index in [0.717, 1.165) is 44.4 Å². The Morgan fingerprint density at radius 1 is 1.16 bits per heavy atom. The molecule has 0 unspecified atom stereocenters. The predicted octanol–water partition coefficient (Wildman–Crippen LogP) is 4.86. The zero-order valence-electron chi connectivity index (χ0n) is 14.2. The van der Waals surface area contributed by atoms with Crippen LogP contribution < -0.4 is 4.74 Å². The molecule has 0 radical (unpaired) electrons. The van der Waals surface area contributed by atoms with Gasteiger partial charge in [-0.05, 0) is 48.7 Å². The number of methoxy groups -OCH3 is 1. The molecule has 3 rings (SSSR count). The maximum atomic E-state index is 11.0. The van der Waals surface area contributed by atoms with Crippen LogP contribution in [0.5, 0.6) is 5.75 Å². The smallest absolute Gasteiger partial charge is 0.303 e. The van der Waals surface area contributed by atoms with Crippen LogP contribution in [0.25, 0.3) is 10.9 Å². The van der Waals surface area contributed by atoms with Gasteiger partial charge in [0.15, 0.2) is 0 Å². The number of benzene rings is 2. The summed E-state index contributed by atoms with van der Waals surface area (Å²) in [5, 5.41) is 10.2. The van der Waals surface area contributed by atoms with Gasteiger partial charge in [-0.2, -0.15) is 0 Å². The fraction of sp³-hybridized carbons (Fsp3) is 0.250. The topological polar surface area (TPSA) is 62.3 Å². The summed E-state index contributed by atoms with van der Waals surface area (Å²) in [6, 6.07) is 12.2. The van der Waals surface area contributed by atoms with Crippen molar-refractivity contribution in [1.82, 2.24) is 4.98 Å². The third-order valence-electron chi connectivity index (χ3n) is 4.45. The van der Waals surface area contributed by atoms with Crippen LogP contribution in [0.4, 0.5) is 0 Å². The molecule has 2 aromatic carbocycles. The van der Waals surface area contributed by atoms with Crippen molar-refractivity contribution in [2.75, 3.05) is 7.11 Å². The lowest BCUT2D eigenvalue weighted by atomic mass is 9.96. The van der Waals surface area contributed by atoms with Crippen molar-refractivity contribution in [1.29, 1.82) is 0 Å². The quantitative estimate of drug-likeness (QED) is 0.619. The van der Waals surface area contributed by atoms with Crippen molar-refractivity contribution in [2.45, 2.75) is 26.2 Å². The summed E-state index contributed by atoms with van der Waals surface area (Å²) in [6.07, 6.45) is 1.34. The molecule has 0 bridgehead atoms. The minimum Gasteiger partial charge on any atom is -0.496 e. The first-order valence-corrected chi connectivity index (χ1v) is 8.92. The number of carboxylic acids is 1. The van der Waals surface area contributed by atoms with Gasteiger partial charge in [-0.25, -0.2) is 0 Å². The lowest BCUT2D eigenvalue weighted by Gasteiger charge is -2.12. The van der Waals surface area contributed by atoms with Crippen LogP contribution in [0.2, 0.25) is 0 Å². The van der Waals surface area contributed by atoms with E-state index in [0.29, 0.717) is 6.42 Å². The molecule has 3 aromatic rings. The Kier molecular flexibility index (Phi) is 5.13. The summed E-state index contributed by atoms with van der Waals surface area (Å²) in [7, 11) is 1.67. The highest BCUT2D eigenvalue weighted by Crippen LogP contribution is 2.34. The number of H-pyrrole nitrogens is 1. The molecule has 1 heterocycles. The van der Waals surface area contributed by atoms with Crippen molar-refractivity contribution >= 4 is 32.8 Å². The second-order valence-electron chi connectivity index (χ2n) is 6.09. The minimum absolute atomic E-state index is 0.114. The molecular formula is C20H20BrNO3. The average Bonchev–Trinajstić information content (AvgIpc) is 2.91. The van der Waals surface area contributed by atoms with Crippen molar-refractivity contribution in [3.05, 3.63) is 63.3 Å². The number of carboxylic acid groups (broad SMARTS) is 1. The number of hydrogen-bond donors (Lipinski definition) is 2. The standard InChI is InChI=1S/C20H20BrNO3/c1-12-15(7-10-19(23)24)20-16(11-13-3-5-14(21)6-4-13)18(25-2)9-8-17(20)22-12/h3-6,8-9,22H,7,10-11H2,1-2H3,(H,23,24). The summed E-state index contributed by atoms with van der Waals surface area (Å²) in [5.41, 5.74) is 5.36. The molecule has 0 aliphatic rings. The fourth-order valence-corrected chi connectivity index (χ4v) is 3.52. The Balaban J connectivity index is 2.12. The predicted molar refractivity (Wildman–Crippen MR) is 102 cm³/mol. The van der Waals surface area contributed by atoms with Crippen LogP contribution in [0, 0.1) is 6.92 Å². The minimum atomic E-state index is -0.786. The van der Waals surface area contributed by atoms with E-state index in [1.54, 1.807) is 7.11 Å². The van der Waals surface area contributed by atoms with Gasteiger partial charge < -0.3 is 14.8 Å². The lowest BCUT2D eigenvalue weighted by molar-refractivity contribution is -0.136. The second-order valence-corrected chi connectivity index (χ2v) is 7.01. The summed E-state index contributed by atoms with van der Waals surface area (Å²) in [4.78, 5) is 14.4. The normalized spacial score (nSPS) is 11.0. The zero-order chi connectivity index (χ0) is 18.0. The van der Waals surface area contributed by atoms with Crippen LogP contribution >= 0.6 is 15.9 Å². The van der Waals surface area contributed by atoms with Crippen LogP contribution in [0.3, 0.4) is 0 Å². The van der Waals surface area contributed by atoms with E-state index in [9.17, 15) is 4.79 Å². The summed E-state index contributed by atoms with van der Waals surface area (Å²) >= 11 is 3.46. The maximum Gasteiger partial charge on any atom is 0.303 e. The van der Waals surface area contributed by atoms with Gasteiger partial charge in [0, 0.05) is 39.5 Å². The molecule has 0 saturated heterocycles. The van der Waals surface area contributed by atoms with Gasteiger partial charge in [-0.3, -0.25) is 4.79 Å². The molecule has 0 aliphatic heterocycles. The number of aromatic amines is 1. The van der Waals surface area contributed by atoms with Gasteiger partial charge in [0.25, 0.3) is 0 Å². The van der Waals surface area contributed by atoms with Gasteiger partial charge >= 0.3 is 5.97 Å². The average molecular weight is 402 g/mol. The lowest BCUT2D eigenvalue weighted by Crippen LogP contribution is -2.00. The third kappa shape index (κ3) is 3.71. The first-order chi connectivity index (χ1) is 12.0. The van der Waals surface area contributed by atoms with E-state index in [4.69, 9.17) is 9.84 Å². The summed E-state index contributed by atoms with van der Waals surface area (Å²) in [6.45, 7) is 1.99. The largest absolute Gasteiger partial charge is 0.496 e. The number of aryl methyl sites for hydroxylation is 2. The van der Waals surface area contributed by atoms with Crippen molar-refractivity contribution in [3.8, 4) is 5.75 Å². The molecule has 0 atom stereocenters. The number of aromatic nitrogens is 1. The molecule has 130 valence electrons. The number of aliphatic carboxylic acids is 1. The SMILES string of the molecule is COc1ccc2[nH]c(C)c(CCC(=O)O)c2c1Cc1ccc(Br)cc1. The number of fused-ring (bicyclic) bond motifs is 1. The first-order valence-electron chi connectivity index (χ1n) is 8.13. The Hall–Kier alpha value is -2.27. The van der Waals surface area contributed by atoms with Crippen LogP contribution in [0.15, 0.2) is 40.9 Å². The Bertz CT molecular complexity index is 913. The highest BCUT2D eigenvalue weighted by Gasteiger charge is 2.17. The molecule has 0 spiro atoms. The highest BCUT2D eigenvalue weighted by atomic mass is 79.9. The van der Waals surface area contributed by atoms with Crippen LogP contribution in [-0.4, -0.2) is 23.2 Å². The van der Waals surface area contributed by atoms with E-state index in [1.807, 2.05) is 31.2 Å². The zero-order valence-corrected chi connectivity index (χ0v) is 15.8. The molecule has 25 heavy (non-hydrogen) atoms. The Labute approximate surface area is 155 Å². The van der Waals surface area contributed by atoms with E-state index in [2.05, 4.69) is 33.0 Å². The molecule has 0 saturated carbocycles. The maximum absolute atomic E-state index is 11.0. The number of ether oxygens (including phenoxy) is 1. The van der Waals surface area contributed by atoms with Gasteiger partial charge in [0.1, 0.15) is 5.75 Å². The monoisotopic (exact) mass is 401 g/mol. The van der Waals surface area contributed by atoms with Crippen molar-refractivity contribution in [2.24, 2.45) is 0 Å². The number of hydrogen-bond acceptors (Lipinski definition) is 2. The van der Waals surface area contributed by atoms with Crippen molar-refractivity contribution < 1.29 is 14.6 Å². The third-order valence-corrected chi connectivity index (χ3v) is 4.98. The second kappa shape index (κ2) is 7.31. The number of carbonyl (C=O) groups is 1. The Morgan fingerprint density at radius 3 is 2.52 bits per heavy atom. The highest BCUT2D eigenvalue weighted by molar-refractivity contribution is 9.10. The van der Waals surface area contributed by atoms with Gasteiger partial charge in [0.05, 0.1) is 7.11 Å². The number of halogens is 1.